The predicted molar refractivity (Wildman–Crippen MR) is 118 cm³/mol. The Morgan fingerprint density at radius 1 is 1.18 bits per heavy atom. The van der Waals surface area contributed by atoms with Gasteiger partial charge < -0.3 is 34.5 Å². The monoisotopic (exact) mass is 562 g/mol. The molecule has 2 heterocycles. The molecular weight excluding hydrogens is 540 g/mol. The lowest BCUT2D eigenvalue weighted by molar-refractivity contribution is -0.243. The lowest BCUT2D eigenvalue weighted by atomic mass is 9.96. The lowest BCUT2D eigenvalue weighted by Gasteiger charge is -2.40. The maximum Gasteiger partial charge on any atom is 0.341 e. The van der Waals surface area contributed by atoms with Crippen LogP contribution in [-0.4, -0.2) is 79.9 Å². The number of methoxy groups -OCH3 is 1. The molecule has 0 aliphatic carbocycles. The molecule has 1 amide bonds. The average molecular weight is 563 g/mol. The third-order valence-electron chi connectivity index (χ3n) is 5.14. The summed E-state index contributed by atoms with van der Waals surface area (Å²) in [5.74, 6) is -1.39. The number of aliphatic hydroxyl groups is 3. The number of halogens is 1. The van der Waals surface area contributed by atoms with Crippen molar-refractivity contribution in [1.29, 1.82) is 0 Å². The first-order chi connectivity index (χ1) is 15.9. The fourth-order valence-electron chi connectivity index (χ4n) is 3.30. The molecule has 1 aromatic carbocycles. The van der Waals surface area contributed by atoms with Gasteiger partial charge in [0.15, 0.2) is 6.29 Å². The molecule has 1 aliphatic rings. The number of hydrogen-bond acceptors (Lipinski definition) is 10. The van der Waals surface area contributed by atoms with Crippen LogP contribution in [0.4, 0.5) is 0 Å². The summed E-state index contributed by atoms with van der Waals surface area (Å²) < 4.78 is 42.8. The summed E-state index contributed by atoms with van der Waals surface area (Å²) in [6, 6.07) is 5.96. The number of aliphatic hydroxyl groups excluding tert-OH is 3. The number of carbonyl (C=O) groups is 2. The maximum absolute atomic E-state index is 12.5. The van der Waals surface area contributed by atoms with Gasteiger partial charge in [-0.1, -0.05) is 22.0 Å². The van der Waals surface area contributed by atoms with Crippen LogP contribution in [0.2, 0.25) is 0 Å². The molecule has 1 fully saturated rings. The fourth-order valence-corrected chi connectivity index (χ4v) is 4.73. The summed E-state index contributed by atoms with van der Waals surface area (Å²) in [7, 11) is -3.15. The molecule has 5 atom stereocenters. The van der Waals surface area contributed by atoms with Crippen molar-refractivity contribution in [3.8, 4) is 0 Å². The molecule has 1 unspecified atom stereocenters. The van der Waals surface area contributed by atoms with Crippen molar-refractivity contribution in [3.63, 3.8) is 0 Å². The van der Waals surface area contributed by atoms with Gasteiger partial charge in [-0.2, -0.15) is 0 Å². The lowest BCUT2D eigenvalue weighted by Crippen LogP contribution is -2.65. The first kappa shape index (κ1) is 26.3. The molecular formula is C20H23BrN2O10S. The van der Waals surface area contributed by atoms with E-state index in [2.05, 4.69) is 30.7 Å². The minimum absolute atomic E-state index is 0.0241. The van der Waals surface area contributed by atoms with Gasteiger partial charge in [0.2, 0.25) is 5.09 Å². The molecule has 5 N–H and O–H groups in total. The number of aryl methyl sites for hydroxylation is 1. The molecule has 1 aromatic heterocycles. The maximum atomic E-state index is 12.5. The van der Waals surface area contributed by atoms with E-state index in [-0.39, 0.29) is 16.9 Å². The molecule has 12 nitrogen and oxygen atoms in total. The minimum atomic E-state index is -4.29. The molecule has 1 saturated heterocycles. The van der Waals surface area contributed by atoms with Crippen molar-refractivity contribution < 1.29 is 47.2 Å². The van der Waals surface area contributed by atoms with E-state index < -0.39 is 64.2 Å². The van der Waals surface area contributed by atoms with Gasteiger partial charge in [-0.25, -0.2) is 17.9 Å². The van der Waals surface area contributed by atoms with Crippen LogP contribution in [0.3, 0.4) is 0 Å². The summed E-state index contributed by atoms with van der Waals surface area (Å²) in [5, 5.41) is 33.0. The molecule has 0 saturated carbocycles. The summed E-state index contributed by atoms with van der Waals surface area (Å²) in [5.41, 5.74) is 0.157. The van der Waals surface area contributed by atoms with Crippen LogP contribution in [-0.2, 0) is 19.5 Å². The quantitative estimate of drug-likeness (QED) is 0.279. The Labute approximate surface area is 203 Å². The molecule has 1 aliphatic heterocycles. The Morgan fingerprint density at radius 2 is 1.88 bits per heavy atom. The highest BCUT2D eigenvalue weighted by Gasteiger charge is 2.45. The molecule has 14 heteroatoms. The molecule has 2 aromatic rings. The predicted octanol–water partition coefficient (Wildman–Crippen LogP) is -0.347. The van der Waals surface area contributed by atoms with Crippen molar-refractivity contribution in [1.82, 2.24) is 10.0 Å². The van der Waals surface area contributed by atoms with Crippen LogP contribution < -0.4 is 10.0 Å². The van der Waals surface area contributed by atoms with E-state index in [0.717, 1.165) is 13.2 Å². The number of sulfonamides is 1. The van der Waals surface area contributed by atoms with Gasteiger partial charge in [0.05, 0.1) is 7.11 Å². The Hall–Kier alpha value is -2.33. The first-order valence-corrected chi connectivity index (χ1v) is 12.2. The molecule has 0 radical (unpaired) electrons. The summed E-state index contributed by atoms with van der Waals surface area (Å²) in [4.78, 5) is 24.1. The normalized spacial score (nSPS) is 25.1. The average Bonchev–Trinajstić information content (AvgIpc) is 3.20. The van der Waals surface area contributed by atoms with Gasteiger partial charge in [0.1, 0.15) is 35.7 Å². The molecule has 0 spiro atoms. The van der Waals surface area contributed by atoms with Gasteiger partial charge in [0.25, 0.3) is 15.9 Å². The highest BCUT2D eigenvalue weighted by molar-refractivity contribution is 9.10. The van der Waals surface area contributed by atoms with Crippen LogP contribution in [0, 0.1) is 6.92 Å². The van der Waals surface area contributed by atoms with Crippen LogP contribution in [0.1, 0.15) is 26.5 Å². The van der Waals surface area contributed by atoms with E-state index in [1.807, 2.05) is 0 Å². The number of furan rings is 1. The topological polar surface area (TPSA) is 185 Å². The van der Waals surface area contributed by atoms with Crippen LogP contribution >= 0.6 is 15.9 Å². The van der Waals surface area contributed by atoms with Crippen molar-refractivity contribution in [3.05, 3.63) is 51.7 Å². The van der Waals surface area contributed by atoms with Gasteiger partial charge >= 0.3 is 5.97 Å². The van der Waals surface area contributed by atoms with Crippen molar-refractivity contribution in [2.24, 2.45) is 0 Å². The zero-order valence-corrected chi connectivity index (χ0v) is 20.4. The minimum Gasteiger partial charge on any atom is -0.465 e. The largest absolute Gasteiger partial charge is 0.465 e. The highest BCUT2D eigenvalue weighted by atomic mass is 79.9. The van der Waals surface area contributed by atoms with Crippen molar-refractivity contribution in [2.45, 2.75) is 42.7 Å². The van der Waals surface area contributed by atoms with E-state index >= 15 is 0 Å². The van der Waals surface area contributed by atoms with Gasteiger partial charge in [-0.05, 0) is 25.1 Å². The summed E-state index contributed by atoms with van der Waals surface area (Å²) >= 11 is 3.23. The van der Waals surface area contributed by atoms with Crippen molar-refractivity contribution >= 4 is 37.8 Å². The number of nitrogens with one attached hydrogen (secondary N) is 2. The van der Waals surface area contributed by atoms with E-state index in [4.69, 9.17) is 9.15 Å². The number of ether oxygens (including phenoxy) is 2. The number of carbonyl (C=O) groups excluding carboxylic acids is 2. The summed E-state index contributed by atoms with van der Waals surface area (Å²) in [6.07, 6.45) is -6.45. The second-order valence-corrected chi connectivity index (χ2v) is 10.0. The third kappa shape index (κ3) is 5.66. The van der Waals surface area contributed by atoms with Crippen molar-refractivity contribution in [2.75, 3.05) is 13.7 Å². The number of amides is 1. The Bertz CT molecular complexity index is 1170. The third-order valence-corrected chi connectivity index (χ3v) is 6.92. The smallest absolute Gasteiger partial charge is 0.341 e. The zero-order chi connectivity index (χ0) is 25.2. The highest BCUT2D eigenvalue weighted by Crippen LogP contribution is 2.23. The second-order valence-electron chi connectivity index (χ2n) is 7.43. The fraction of sp³-hybridized carbons (Fsp3) is 0.400. The number of hydrogen-bond donors (Lipinski definition) is 5. The van der Waals surface area contributed by atoms with Crippen LogP contribution in [0.15, 0.2) is 44.3 Å². The number of benzene rings is 1. The van der Waals surface area contributed by atoms with Gasteiger partial charge in [-0.15, -0.1) is 0 Å². The van der Waals surface area contributed by atoms with Crippen LogP contribution in [0.25, 0.3) is 0 Å². The molecule has 0 bridgehead atoms. The Kier molecular flexibility index (Phi) is 8.13. The second kappa shape index (κ2) is 10.5. The van der Waals surface area contributed by atoms with Gasteiger partial charge in [0, 0.05) is 22.6 Å². The molecule has 3 rings (SSSR count). The summed E-state index contributed by atoms with van der Waals surface area (Å²) in [6.45, 7) is 0.825. The first-order valence-electron chi connectivity index (χ1n) is 9.89. The van der Waals surface area contributed by atoms with Gasteiger partial charge in [-0.3, -0.25) is 4.79 Å². The van der Waals surface area contributed by atoms with E-state index in [9.17, 15) is 33.3 Å². The zero-order valence-electron chi connectivity index (χ0n) is 18.0. The van der Waals surface area contributed by atoms with Crippen LogP contribution in [0.5, 0.6) is 0 Å². The van der Waals surface area contributed by atoms with E-state index in [0.29, 0.717) is 4.47 Å². The van der Waals surface area contributed by atoms with E-state index in [1.54, 1.807) is 12.1 Å². The Morgan fingerprint density at radius 3 is 2.53 bits per heavy atom. The standard InChI is InChI=1S/C20H23BrN2O10S/c1-9-12(19(27)31-2)7-14(32-9)34(29,30)22-8-13-16(24)17(25)15(20(28)33-13)23-18(26)10-4-3-5-11(21)6-10/h3-7,13,15-17,20,22,24-25,28H,8H2,1-2H3,(H,23,26)/t13-,15-,16-,17-,20?/m1/s1. The van der Waals surface area contributed by atoms with E-state index in [1.165, 1.54) is 19.1 Å². The Balaban J connectivity index is 1.65. The molecule has 34 heavy (non-hydrogen) atoms. The number of rotatable bonds is 7. The SMILES string of the molecule is COC(=O)c1cc(S(=O)(=O)NC[C@H]2OC(O)[C@H](NC(=O)c3cccc(Br)c3)[C@@H](O)[C@@H]2O)oc1C. The molecule has 186 valence electrons. The number of esters is 1.